The van der Waals surface area contributed by atoms with Crippen LogP contribution in [0.1, 0.15) is 15.9 Å². The van der Waals surface area contributed by atoms with Crippen LogP contribution in [-0.4, -0.2) is 41.6 Å². The minimum Gasteiger partial charge on any atom is -0.322 e. The Morgan fingerprint density at radius 1 is 0.938 bits per heavy atom. The van der Waals surface area contributed by atoms with Crippen LogP contribution < -0.4 is 9.62 Å². The van der Waals surface area contributed by atoms with Gasteiger partial charge in [0.05, 0.1) is 16.3 Å². The van der Waals surface area contributed by atoms with Crippen LogP contribution in [0.3, 0.4) is 0 Å². The molecule has 3 aromatic carbocycles. The second kappa shape index (κ2) is 8.60. The van der Waals surface area contributed by atoms with Gasteiger partial charge in [0.1, 0.15) is 6.33 Å². The molecule has 162 valence electrons. The number of nitrogens with zero attached hydrogens (tertiary/aromatic N) is 5. The molecular weight excluding hydrogens is 428 g/mol. The molecule has 4 rings (SSSR count). The molecule has 4 aromatic rings. The van der Waals surface area contributed by atoms with Crippen molar-refractivity contribution in [3.8, 4) is 5.69 Å². The average molecular weight is 449 g/mol. The fraction of sp³-hybridized carbons (Fsp3) is 0.0909. The molecule has 0 fully saturated rings. The molecular formula is C22H20N6O3S. The lowest BCUT2D eigenvalue weighted by Crippen LogP contribution is -2.26. The van der Waals surface area contributed by atoms with Crippen molar-refractivity contribution in [2.75, 3.05) is 16.7 Å². The molecule has 0 saturated heterocycles. The molecule has 0 bridgehead atoms. The van der Waals surface area contributed by atoms with Gasteiger partial charge in [-0.15, -0.1) is 5.10 Å². The predicted octanol–water partition coefficient (Wildman–Crippen LogP) is 3.05. The Morgan fingerprint density at radius 2 is 1.59 bits per heavy atom. The Hall–Kier alpha value is -4.05. The average Bonchev–Trinajstić information content (AvgIpc) is 3.34. The van der Waals surface area contributed by atoms with E-state index in [4.69, 9.17) is 0 Å². The van der Waals surface area contributed by atoms with Crippen molar-refractivity contribution >= 4 is 27.3 Å². The summed E-state index contributed by atoms with van der Waals surface area (Å²) < 4.78 is 28.4. The highest BCUT2D eigenvalue weighted by atomic mass is 32.2. The third-order valence-corrected chi connectivity index (χ3v) is 6.71. The zero-order valence-electron chi connectivity index (χ0n) is 17.4. The van der Waals surface area contributed by atoms with Gasteiger partial charge in [-0.25, -0.2) is 13.1 Å². The number of aromatic nitrogens is 4. The number of benzene rings is 3. The van der Waals surface area contributed by atoms with E-state index in [2.05, 4.69) is 20.8 Å². The molecule has 0 atom stereocenters. The summed E-state index contributed by atoms with van der Waals surface area (Å²) in [6.45, 7) is 1.90. The number of aryl methyl sites for hydroxylation is 1. The number of hydrogen-bond acceptors (Lipinski definition) is 6. The topological polar surface area (TPSA) is 110 Å². The van der Waals surface area contributed by atoms with Gasteiger partial charge in [-0.1, -0.05) is 17.7 Å². The van der Waals surface area contributed by atoms with Crippen molar-refractivity contribution in [2.45, 2.75) is 11.8 Å². The molecule has 0 unspecified atom stereocenters. The first-order valence-electron chi connectivity index (χ1n) is 9.65. The number of sulfonamides is 1. The lowest BCUT2D eigenvalue weighted by molar-refractivity contribution is 0.102. The van der Waals surface area contributed by atoms with Gasteiger partial charge in [0.2, 0.25) is 0 Å². The molecule has 9 nitrogen and oxygen atoms in total. The molecule has 1 N–H and O–H groups in total. The summed E-state index contributed by atoms with van der Waals surface area (Å²) in [5.74, 6) is -0.309. The maximum Gasteiger partial charge on any atom is 0.264 e. The third-order valence-electron chi connectivity index (χ3n) is 4.91. The van der Waals surface area contributed by atoms with Crippen molar-refractivity contribution in [2.24, 2.45) is 0 Å². The summed E-state index contributed by atoms with van der Waals surface area (Å²) in [7, 11) is -2.21. The standard InChI is InChI=1S/C22H20N6O3S/c1-16-3-13-21(14-4-16)32(30,31)27(2)19-9-5-17(6-10-19)22(29)24-18-7-11-20(12-8-18)28-15-23-25-26-28/h3-15H,1-2H3,(H,24,29). The number of anilines is 2. The Morgan fingerprint density at radius 3 is 2.19 bits per heavy atom. The first-order chi connectivity index (χ1) is 15.3. The van der Waals surface area contributed by atoms with Crippen LogP contribution in [0.15, 0.2) is 84.0 Å². The van der Waals surface area contributed by atoms with Gasteiger partial charge in [-0.05, 0) is 78.0 Å². The van der Waals surface area contributed by atoms with E-state index in [0.29, 0.717) is 16.9 Å². The Labute approximate surface area is 185 Å². The Balaban J connectivity index is 1.46. The second-order valence-corrected chi connectivity index (χ2v) is 9.06. The fourth-order valence-electron chi connectivity index (χ4n) is 3.01. The maximum atomic E-state index is 12.8. The number of tetrazole rings is 1. The van der Waals surface area contributed by atoms with Crippen molar-refractivity contribution in [3.63, 3.8) is 0 Å². The minimum absolute atomic E-state index is 0.206. The second-order valence-electron chi connectivity index (χ2n) is 7.09. The van der Waals surface area contributed by atoms with Gasteiger partial charge in [-0.3, -0.25) is 9.10 Å². The third kappa shape index (κ3) is 4.35. The molecule has 0 aliphatic carbocycles. The van der Waals surface area contributed by atoms with Gasteiger partial charge in [-0.2, -0.15) is 0 Å². The van der Waals surface area contributed by atoms with Crippen LogP contribution in [0.5, 0.6) is 0 Å². The summed E-state index contributed by atoms with van der Waals surface area (Å²) in [5, 5.41) is 13.8. The van der Waals surface area contributed by atoms with Crippen LogP contribution in [-0.2, 0) is 10.0 Å². The van der Waals surface area contributed by atoms with Crippen LogP contribution in [0.25, 0.3) is 5.69 Å². The fourth-order valence-corrected chi connectivity index (χ4v) is 4.21. The van der Waals surface area contributed by atoms with E-state index < -0.39 is 10.0 Å². The van der Waals surface area contributed by atoms with Gasteiger partial charge < -0.3 is 5.32 Å². The highest BCUT2D eigenvalue weighted by Gasteiger charge is 2.21. The number of hydrogen-bond donors (Lipinski definition) is 1. The van der Waals surface area contributed by atoms with Crippen LogP contribution in [0.2, 0.25) is 0 Å². The first-order valence-corrected chi connectivity index (χ1v) is 11.1. The Bertz CT molecular complexity index is 1320. The van der Waals surface area contributed by atoms with Gasteiger partial charge >= 0.3 is 0 Å². The molecule has 1 amide bonds. The SMILES string of the molecule is Cc1ccc(S(=O)(=O)N(C)c2ccc(C(=O)Nc3ccc(-n4cnnn4)cc3)cc2)cc1. The normalized spacial score (nSPS) is 11.2. The van der Waals surface area contributed by atoms with Gasteiger partial charge in [0.25, 0.3) is 15.9 Å². The van der Waals surface area contributed by atoms with Crippen LogP contribution in [0.4, 0.5) is 11.4 Å². The number of amides is 1. The maximum absolute atomic E-state index is 12.8. The van der Waals surface area contributed by atoms with E-state index in [9.17, 15) is 13.2 Å². The minimum atomic E-state index is -3.70. The van der Waals surface area contributed by atoms with E-state index in [1.807, 2.05) is 6.92 Å². The predicted molar refractivity (Wildman–Crippen MR) is 120 cm³/mol. The lowest BCUT2D eigenvalue weighted by Gasteiger charge is -2.20. The van der Waals surface area contributed by atoms with E-state index in [1.165, 1.54) is 22.4 Å². The number of nitrogens with one attached hydrogen (secondary N) is 1. The van der Waals surface area contributed by atoms with E-state index in [1.54, 1.807) is 72.8 Å². The molecule has 0 spiro atoms. The van der Waals surface area contributed by atoms with Crippen molar-refractivity contribution < 1.29 is 13.2 Å². The Kier molecular flexibility index (Phi) is 5.69. The summed E-state index contributed by atoms with van der Waals surface area (Å²) in [6, 6.07) is 20.1. The lowest BCUT2D eigenvalue weighted by atomic mass is 10.2. The van der Waals surface area contributed by atoms with E-state index in [0.717, 1.165) is 11.3 Å². The largest absolute Gasteiger partial charge is 0.322 e. The zero-order valence-corrected chi connectivity index (χ0v) is 18.2. The number of carbonyl (C=O) groups excluding carboxylic acids is 1. The van der Waals surface area contributed by atoms with Crippen molar-refractivity contribution in [1.82, 2.24) is 20.2 Å². The number of rotatable bonds is 6. The smallest absolute Gasteiger partial charge is 0.264 e. The summed E-state index contributed by atoms with van der Waals surface area (Å²) in [4.78, 5) is 12.8. The molecule has 32 heavy (non-hydrogen) atoms. The van der Waals surface area contributed by atoms with Crippen LogP contribution in [0, 0.1) is 6.92 Å². The summed E-state index contributed by atoms with van der Waals surface area (Å²) in [6.07, 6.45) is 1.48. The highest BCUT2D eigenvalue weighted by Crippen LogP contribution is 2.23. The molecule has 10 heteroatoms. The quantitative estimate of drug-likeness (QED) is 0.485. The van der Waals surface area contributed by atoms with E-state index in [-0.39, 0.29) is 10.8 Å². The molecule has 0 radical (unpaired) electrons. The molecule has 0 saturated carbocycles. The first kappa shape index (κ1) is 21.2. The summed E-state index contributed by atoms with van der Waals surface area (Å²) in [5.41, 5.74) is 3.20. The van der Waals surface area contributed by atoms with Gasteiger partial charge in [0.15, 0.2) is 0 Å². The molecule has 1 heterocycles. The number of carbonyl (C=O) groups is 1. The monoisotopic (exact) mass is 448 g/mol. The zero-order chi connectivity index (χ0) is 22.7. The van der Waals surface area contributed by atoms with Crippen LogP contribution >= 0.6 is 0 Å². The van der Waals surface area contributed by atoms with Gasteiger partial charge in [0, 0.05) is 18.3 Å². The van der Waals surface area contributed by atoms with E-state index >= 15 is 0 Å². The molecule has 1 aromatic heterocycles. The molecule has 0 aliphatic heterocycles. The van der Waals surface area contributed by atoms with Crippen molar-refractivity contribution in [3.05, 3.63) is 90.3 Å². The molecule has 0 aliphatic rings. The highest BCUT2D eigenvalue weighted by molar-refractivity contribution is 7.92. The summed E-state index contributed by atoms with van der Waals surface area (Å²) >= 11 is 0. The van der Waals surface area contributed by atoms with Crippen molar-refractivity contribution in [1.29, 1.82) is 0 Å².